The van der Waals surface area contributed by atoms with Crippen LogP contribution in [0.25, 0.3) is 0 Å². The van der Waals surface area contributed by atoms with E-state index in [0.717, 1.165) is 32.5 Å². The molecule has 2 atom stereocenters. The Kier molecular flexibility index (Phi) is 6.17. The molecule has 25 heavy (non-hydrogen) atoms. The third-order valence-electron chi connectivity index (χ3n) is 5.64. The number of sulfonamides is 1. The van der Waals surface area contributed by atoms with Gasteiger partial charge in [-0.05, 0) is 25.2 Å². The van der Waals surface area contributed by atoms with E-state index in [9.17, 15) is 8.42 Å². The average molecular weight is 369 g/mol. The predicted octanol–water partition coefficient (Wildman–Crippen LogP) is 2.54. The second-order valence-electron chi connectivity index (χ2n) is 7.82. The minimum absolute atomic E-state index is 0.0287. The van der Waals surface area contributed by atoms with Crippen molar-refractivity contribution in [1.82, 2.24) is 19.2 Å². The molecule has 0 unspecified atom stereocenters. The molecule has 1 N–H and O–H groups in total. The van der Waals surface area contributed by atoms with Crippen LogP contribution in [0.5, 0.6) is 0 Å². The summed E-state index contributed by atoms with van der Waals surface area (Å²) in [5.74, 6) is 0.394. The fourth-order valence-electron chi connectivity index (χ4n) is 4.53. The largest absolute Gasteiger partial charge is 0.330 e. The summed E-state index contributed by atoms with van der Waals surface area (Å²) in [5, 5.41) is 0. The molecule has 0 aromatic carbocycles. The van der Waals surface area contributed by atoms with E-state index in [2.05, 4.69) is 26.1 Å². The number of nitrogens with zero attached hydrogens (tertiary/aromatic N) is 3. The maximum atomic E-state index is 11.7. The highest BCUT2D eigenvalue weighted by molar-refractivity contribution is 7.88. The summed E-state index contributed by atoms with van der Waals surface area (Å²) in [6.45, 7) is 4.77. The number of imidazole rings is 1. The van der Waals surface area contributed by atoms with Crippen LogP contribution >= 0.6 is 0 Å². The van der Waals surface area contributed by atoms with Crippen LogP contribution in [0.15, 0.2) is 12.5 Å². The first-order valence-corrected chi connectivity index (χ1v) is 11.6. The third kappa shape index (κ3) is 5.05. The molecule has 1 aliphatic heterocycles. The molecular formula is C18H32N4O2S. The smallest absolute Gasteiger partial charge is 0.209 e. The van der Waals surface area contributed by atoms with Crippen molar-refractivity contribution in [3.8, 4) is 0 Å². The molecule has 2 aliphatic rings. The van der Waals surface area contributed by atoms with Crippen LogP contribution in [0.2, 0.25) is 0 Å². The Bertz CT molecular complexity index is 652. The Balaban J connectivity index is 1.66. The zero-order valence-corrected chi connectivity index (χ0v) is 16.3. The first-order valence-electron chi connectivity index (χ1n) is 9.66. The monoisotopic (exact) mass is 368 g/mol. The Morgan fingerprint density at radius 1 is 1.24 bits per heavy atom. The lowest BCUT2D eigenvalue weighted by atomic mass is 9.95. The average Bonchev–Trinajstić information content (AvgIpc) is 3.15. The first kappa shape index (κ1) is 18.9. The van der Waals surface area contributed by atoms with Crippen LogP contribution in [0.4, 0.5) is 0 Å². The van der Waals surface area contributed by atoms with Crippen molar-refractivity contribution in [2.24, 2.45) is 5.92 Å². The van der Waals surface area contributed by atoms with E-state index in [1.807, 2.05) is 12.5 Å². The van der Waals surface area contributed by atoms with Crippen LogP contribution in [0, 0.1) is 5.92 Å². The van der Waals surface area contributed by atoms with Gasteiger partial charge in [0.25, 0.3) is 0 Å². The first-order chi connectivity index (χ1) is 12.0. The van der Waals surface area contributed by atoms with Crippen molar-refractivity contribution < 1.29 is 8.42 Å². The normalized spacial score (nSPS) is 26.3. The van der Waals surface area contributed by atoms with Gasteiger partial charge in [0.15, 0.2) is 0 Å². The van der Waals surface area contributed by atoms with Crippen LogP contribution in [0.1, 0.15) is 63.6 Å². The van der Waals surface area contributed by atoms with Crippen LogP contribution in [0.3, 0.4) is 0 Å². The van der Waals surface area contributed by atoms with Crippen LogP contribution in [-0.2, 0) is 16.6 Å². The van der Waals surface area contributed by atoms with Crippen molar-refractivity contribution in [1.29, 1.82) is 0 Å². The number of rotatable bonds is 7. The van der Waals surface area contributed by atoms with E-state index in [0.29, 0.717) is 12.0 Å². The van der Waals surface area contributed by atoms with Gasteiger partial charge >= 0.3 is 0 Å². The number of nitrogens with one attached hydrogen (secondary N) is 1. The third-order valence-corrected chi connectivity index (χ3v) is 6.37. The maximum Gasteiger partial charge on any atom is 0.209 e. The molecule has 1 aromatic heterocycles. The molecule has 2 fully saturated rings. The summed E-state index contributed by atoms with van der Waals surface area (Å²) in [6.07, 6.45) is 13.8. The molecule has 2 heterocycles. The summed E-state index contributed by atoms with van der Waals surface area (Å²) in [7, 11) is -3.16. The summed E-state index contributed by atoms with van der Waals surface area (Å²) in [6, 6.07) is 0.617. The quantitative estimate of drug-likeness (QED) is 0.803. The van der Waals surface area contributed by atoms with Gasteiger partial charge in [0.2, 0.25) is 10.0 Å². The Morgan fingerprint density at radius 2 is 2.00 bits per heavy atom. The van der Waals surface area contributed by atoms with Gasteiger partial charge in [-0.2, -0.15) is 0 Å². The fourth-order valence-corrected chi connectivity index (χ4v) is 5.35. The van der Waals surface area contributed by atoms with E-state index in [4.69, 9.17) is 0 Å². The highest BCUT2D eigenvalue weighted by atomic mass is 32.2. The molecule has 142 valence electrons. The molecule has 1 aliphatic carbocycles. The number of hydrogen-bond donors (Lipinski definition) is 1. The molecule has 0 bridgehead atoms. The molecule has 1 aromatic rings. The van der Waals surface area contributed by atoms with Crippen LogP contribution < -0.4 is 4.72 Å². The number of hydrogen-bond acceptors (Lipinski definition) is 4. The Hall–Kier alpha value is -0.920. The lowest BCUT2D eigenvalue weighted by molar-refractivity contribution is 0.287. The highest BCUT2D eigenvalue weighted by Crippen LogP contribution is 2.30. The summed E-state index contributed by atoms with van der Waals surface area (Å²) in [5.41, 5.74) is 1.27. The van der Waals surface area contributed by atoms with Crippen molar-refractivity contribution in [3.63, 3.8) is 0 Å². The molecule has 0 amide bonds. The van der Waals surface area contributed by atoms with Gasteiger partial charge in [-0.15, -0.1) is 0 Å². The molecule has 1 saturated carbocycles. The Morgan fingerprint density at radius 3 is 2.68 bits per heavy atom. The summed E-state index contributed by atoms with van der Waals surface area (Å²) < 4.78 is 28.6. The highest BCUT2D eigenvalue weighted by Gasteiger charge is 2.34. The molecule has 0 spiro atoms. The zero-order chi connectivity index (χ0) is 17.9. The van der Waals surface area contributed by atoms with Gasteiger partial charge in [0.1, 0.15) is 0 Å². The lowest BCUT2D eigenvalue weighted by Crippen LogP contribution is -2.39. The van der Waals surface area contributed by atoms with Crippen LogP contribution in [-0.4, -0.2) is 48.3 Å². The van der Waals surface area contributed by atoms with Crippen molar-refractivity contribution >= 4 is 10.0 Å². The van der Waals surface area contributed by atoms with E-state index in [1.165, 1.54) is 44.1 Å². The van der Waals surface area contributed by atoms with Gasteiger partial charge in [0.05, 0.1) is 18.3 Å². The molecule has 1 saturated heterocycles. The van der Waals surface area contributed by atoms with Crippen molar-refractivity contribution in [2.45, 2.75) is 70.5 Å². The molecular weight excluding hydrogens is 336 g/mol. The SMILES string of the molecule is CCC[C@@H]1CN(Cc2cncn2C2CCCCC2)C[C@H]1NS(C)(=O)=O. The second kappa shape index (κ2) is 8.18. The summed E-state index contributed by atoms with van der Waals surface area (Å²) >= 11 is 0. The van der Waals surface area contributed by atoms with E-state index in [-0.39, 0.29) is 6.04 Å². The summed E-state index contributed by atoms with van der Waals surface area (Å²) in [4.78, 5) is 6.79. The second-order valence-corrected chi connectivity index (χ2v) is 9.60. The maximum absolute atomic E-state index is 11.7. The van der Waals surface area contributed by atoms with Gasteiger partial charge in [-0.25, -0.2) is 18.1 Å². The van der Waals surface area contributed by atoms with E-state index < -0.39 is 10.0 Å². The molecule has 7 heteroatoms. The Labute approximate surface area is 152 Å². The van der Waals surface area contributed by atoms with Gasteiger partial charge in [-0.1, -0.05) is 32.6 Å². The van der Waals surface area contributed by atoms with E-state index >= 15 is 0 Å². The molecule has 6 nitrogen and oxygen atoms in total. The number of aromatic nitrogens is 2. The van der Waals surface area contributed by atoms with Crippen molar-refractivity contribution in [3.05, 3.63) is 18.2 Å². The van der Waals surface area contributed by atoms with Gasteiger partial charge in [0, 0.05) is 37.9 Å². The fraction of sp³-hybridized carbons (Fsp3) is 0.833. The van der Waals surface area contributed by atoms with Gasteiger partial charge < -0.3 is 4.57 Å². The van der Waals surface area contributed by atoms with E-state index in [1.54, 1.807) is 0 Å². The molecule has 3 rings (SSSR count). The number of likely N-dealkylation sites (tertiary alicyclic amines) is 1. The predicted molar refractivity (Wildman–Crippen MR) is 99.8 cm³/mol. The standard InChI is InChI=1S/C18H32N4O2S/c1-3-7-15-11-21(13-18(15)20-25(2,23)24)12-17-10-19-14-22(17)16-8-5-4-6-9-16/h10,14-16,18,20H,3-9,11-13H2,1-2H3/t15-,18-/m1/s1. The minimum Gasteiger partial charge on any atom is -0.330 e. The molecule has 0 radical (unpaired) electrons. The zero-order valence-electron chi connectivity index (χ0n) is 15.5. The van der Waals surface area contributed by atoms with Crippen molar-refractivity contribution in [2.75, 3.05) is 19.3 Å². The lowest BCUT2D eigenvalue weighted by Gasteiger charge is -2.26. The minimum atomic E-state index is -3.16. The van der Waals surface area contributed by atoms with Gasteiger partial charge in [-0.3, -0.25) is 4.90 Å². The topological polar surface area (TPSA) is 67.2 Å².